The van der Waals surface area contributed by atoms with E-state index in [1.165, 1.54) is 19.1 Å². The molecule has 2 aromatic carbocycles. The molecule has 18 heavy (non-hydrogen) atoms. The monoisotopic (exact) mass is 243 g/mol. The van der Waals surface area contributed by atoms with E-state index in [1.54, 1.807) is 18.2 Å². The fourth-order valence-corrected chi connectivity index (χ4v) is 1.75. The van der Waals surface area contributed by atoms with E-state index in [0.29, 0.717) is 5.56 Å². The second kappa shape index (κ2) is 5.00. The molecule has 0 aromatic heterocycles. The zero-order chi connectivity index (χ0) is 13.1. The molecule has 0 aliphatic heterocycles. The van der Waals surface area contributed by atoms with Gasteiger partial charge >= 0.3 is 0 Å². The van der Waals surface area contributed by atoms with E-state index in [9.17, 15) is 9.18 Å². The van der Waals surface area contributed by atoms with Crippen molar-refractivity contribution in [3.63, 3.8) is 0 Å². The van der Waals surface area contributed by atoms with Crippen molar-refractivity contribution in [3.05, 3.63) is 59.9 Å². The number of halogens is 1. The Morgan fingerprint density at radius 3 is 2.28 bits per heavy atom. The second-order valence-corrected chi connectivity index (χ2v) is 4.14. The first-order valence-electron chi connectivity index (χ1n) is 5.68. The molecule has 2 aromatic rings. The van der Waals surface area contributed by atoms with Gasteiger partial charge in [-0.25, -0.2) is 4.39 Å². The summed E-state index contributed by atoms with van der Waals surface area (Å²) in [5.74, 6) is -0.227. The molecule has 0 heterocycles. The van der Waals surface area contributed by atoms with Gasteiger partial charge in [0.25, 0.3) is 0 Å². The lowest BCUT2D eigenvalue weighted by atomic mass is 10.1. The van der Waals surface area contributed by atoms with Crippen LogP contribution in [0.3, 0.4) is 0 Å². The smallest absolute Gasteiger partial charge is 0.159 e. The van der Waals surface area contributed by atoms with Gasteiger partial charge in [0.1, 0.15) is 5.82 Å². The first-order valence-corrected chi connectivity index (χ1v) is 5.68. The molecule has 0 aliphatic rings. The van der Waals surface area contributed by atoms with Crippen LogP contribution in [0.5, 0.6) is 0 Å². The van der Waals surface area contributed by atoms with Gasteiger partial charge in [0.15, 0.2) is 5.78 Å². The van der Waals surface area contributed by atoms with Gasteiger partial charge in [-0.15, -0.1) is 0 Å². The van der Waals surface area contributed by atoms with Crippen LogP contribution in [0.25, 0.3) is 0 Å². The van der Waals surface area contributed by atoms with Crippen LogP contribution < -0.4 is 4.90 Å². The third-order valence-corrected chi connectivity index (χ3v) is 2.86. The Morgan fingerprint density at radius 2 is 1.72 bits per heavy atom. The number of benzene rings is 2. The minimum atomic E-state index is -0.264. The molecule has 0 radical (unpaired) electrons. The Balaban J connectivity index is 2.28. The average Bonchev–Trinajstić information content (AvgIpc) is 2.38. The molecular weight excluding hydrogens is 229 g/mol. The van der Waals surface area contributed by atoms with E-state index >= 15 is 0 Å². The fourth-order valence-electron chi connectivity index (χ4n) is 1.75. The van der Waals surface area contributed by atoms with Crippen molar-refractivity contribution in [1.29, 1.82) is 0 Å². The lowest BCUT2D eigenvalue weighted by molar-refractivity contribution is 0.101. The Bertz CT molecular complexity index is 563. The normalized spacial score (nSPS) is 10.2. The topological polar surface area (TPSA) is 20.3 Å². The van der Waals surface area contributed by atoms with Crippen LogP contribution in [-0.2, 0) is 0 Å². The second-order valence-electron chi connectivity index (χ2n) is 4.14. The highest BCUT2D eigenvalue weighted by molar-refractivity contribution is 5.94. The van der Waals surface area contributed by atoms with Crippen molar-refractivity contribution in [3.8, 4) is 0 Å². The molecule has 0 N–H and O–H groups in total. The number of hydrogen-bond acceptors (Lipinski definition) is 2. The van der Waals surface area contributed by atoms with Gasteiger partial charge in [0, 0.05) is 24.0 Å². The molecule has 0 spiro atoms. The minimum absolute atomic E-state index is 0.0370. The van der Waals surface area contributed by atoms with Crippen molar-refractivity contribution in [2.24, 2.45) is 0 Å². The molecule has 0 unspecified atom stereocenters. The lowest BCUT2D eigenvalue weighted by Crippen LogP contribution is -2.09. The van der Waals surface area contributed by atoms with E-state index in [2.05, 4.69) is 0 Å². The van der Waals surface area contributed by atoms with Crippen molar-refractivity contribution >= 4 is 17.2 Å². The minimum Gasteiger partial charge on any atom is -0.345 e. The van der Waals surface area contributed by atoms with Gasteiger partial charge in [-0.3, -0.25) is 4.79 Å². The van der Waals surface area contributed by atoms with Crippen LogP contribution in [0.4, 0.5) is 15.8 Å². The third-order valence-electron chi connectivity index (χ3n) is 2.86. The van der Waals surface area contributed by atoms with Gasteiger partial charge in [0.2, 0.25) is 0 Å². The summed E-state index contributed by atoms with van der Waals surface area (Å²) in [4.78, 5) is 13.0. The van der Waals surface area contributed by atoms with Gasteiger partial charge in [-0.05, 0) is 49.4 Å². The van der Waals surface area contributed by atoms with Gasteiger partial charge in [-0.1, -0.05) is 6.07 Å². The zero-order valence-electron chi connectivity index (χ0n) is 10.4. The van der Waals surface area contributed by atoms with Crippen LogP contribution in [-0.4, -0.2) is 12.8 Å². The standard InChI is InChI=1S/C15H14FNO/c1-11(18)12-6-8-14(9-7-12)17(2)15-5-3-4-13(16)10-15/h3-10H,1-2H3. The van der Waals surface area contributed by atoms with Crippen molar-refractivity contribution < 1.29 is 9.18 Å². The number of hydrogen-bond donors (Lipinski definition) is 0. The zero-order valence-corrected chi connectivity index (χ0v) is 10.4. The molecule has 0 amide bonds. The quantitative estimate of drug-likeness (QED) is 0.764. The Labute approximate surface area is 106 Å². The maximum atomic E-state index is 13.1. The van der Waals surface area contributed by atoms with Crippen molar-refractivity contribution in [2.45, 2.75) is 6.92 Å². The predicted molar refractivity (Wildman–Crippen MR) is 70.9 cm³/mol. The van der Waals surface area contributed by atoms with Gasteiger partial charge in [-0.2, -0.15) is 0 Å². The highest BCUT2D eigenvalue weighted by Gasteiger charge is 2.05. The van der Waals surface area contributed by atoms with Gasteiger partial charge in [0.05, 0.1) is 0 Å². The molecule has 0 bridgehead atoms. The van der Waals surface area contributed by atoms with Crippen molar-refractivity contribution in [2.75, 3.05) is 11.9 Å². The molecule has 0 aliphatic carbocycles. The Morgan fingerprint density at radius 1 is 1.06 bits per heavy atom. The van der Waals surface area contributed by atoms with E-state index in [0.717, 1.165) is 11.4 Å². The van der Waals surface area contributed by atoms with E-state index in [1.807, 2.05) is 30.1 Å². The molecule has 92 valence electrons. The summed E-state index contributed by atoms with van der Waals surface area (Å²) in [5, 5.41) is 0. The molecule has 0 saturated carbocycles. The summed E-state index contributed by atoms with van der Waals surface area (Å²) < 4.78 is 13.1. The van der Waals surface area contributed by atoms with Crippen LogP contribution in [0.15, 0.2) is 48.5 Å². The number of Topliss-reactive ketones (excluding diaryl/α,β-unsaturated/α-hetero) is 1. The SMILES string of the molecule is CC(=O)c1ccc(N(C)c2cccc(F)c2)cc1. The highest BCUT2D eigenvalue weighted by atomic mass is 19.1. The highest BCUT2D eigenvalue weighted by Crippen LogP contribution is 2.24. The summed E-state index contributed by atoms with van der Waals surface area (Å²) in [6.07, 6.45) is 0. The number of carbonyl (C=O) groups excluding carboxylic acids is 1. The summed E-state index contributed by atoms with van der Waals surface area (Å²) >= 11 is 0. The summed E-state index contributed by atoms with van der Waals surface area (Å²) in [6, 6.07) is 13.6. The molecular formula is C15H14FNO. The number of nitrogens with zero attached hydrogens (tertiary/aromatic N) is 1. The summed E-state index contributed by atoms with van der Waals surface area (Å²) in [7, 11) is 1.86. The number of anilines is 2. The maximum absolute atomic E-state index is 13.1. The molecule has 0 atom stereocenters. The number of carbonyl (C=O) groups is 1. The molecule has 0 fully saturated rings. The molecule has 3 heteroatoms. The molecule has 2 rings (SSSR count). The summed E-state index contributed by atoms with van der Waals surface area (Å²) in [5.41, 5.74) is 2.35. The van der Waals surface area contributed by atoms with E-state index in [-0.39, 0.29) is 11.6 Å². The fraction of sp³-hybridized carbons (Fsp3) is 0.133. The van der Waals surface area contributed by atoms with Crippen LogP contribution in [0, 0.1) is 5.82 Å². The summed E-state index contributed by atoms with van der Waals surface area (Å²) in [6.45, 7) is 1.53. The lowest BCUT2D eigenvalue weighted by Gasteiger charge is -2.19. The Hall–Kier alpha value is -2.16. The predicted octanol–water partition coefficient (Wildman–Crippen LogP) is 3.80. The van der Waals surface area contributed by atoms with Crippen LogP contribution in [0.1, 0.15) is 17.3 Å². The number of rotatable bonds is 3. The van der Waals surface area contributed by atoms with Crippen LogP contribution >= 0.6 is 0 Å². The van der Waals surface area contributed by atoms with E-state index < -0.39 is 0 Å². The first-order chi connectivity index (χ1) is 8.58. The Kier molecular flexibility index (Phi) is 3.42. The maximum Gasteiger partial charge on any atom is 0.159 e. The third kappa shape index (κ3) is 2.56. The van der Waals surface area contributed by atoms with Gasteiger partial charge < -0.3 is 4.90 Å². The molecule has 0 saturated heterocycles. The van der Waals surface area contributed by atoms with Crippen LogP contribution in [0.2, 0.25) is 0 Å². The average molecular weight is 243 g/mol. The first kappa shape index (κ1) is 12.3. The van der Waals surface area contributed by atoms with E-state index in [4.69, 9.17) is 0 Å². The largest absolute Gasteiger partial charge is 0.345 e. The number of ketones is 1. The molecule has 2 nitrogen and oxygen atoms in total. The van der Waals surface area contributed by atoms with Crippen molar-refractivity contribution in [1.82, 2.24) is 0 Å².